The number of H-pyrrole nitrogens is 1. The lowest BCUT2D eigenvalue weighted by Crippen LogP contribution is -2.09. The average Bonchev–Trinajstić information content (AvgIpc) is 3.46. The maximum atomic E-state index is 12.7. The number of imidazole rings is 1. The Hall–Kier alpha value is -3.61. The second kappa shape index (κ2) is 9.48. The lowest BCUT2D eigenvalue weighted by atomic mass is 10.3. The lowest BCUT2D eigenvalue weighted by Gasteiger charge is -2.09. The molecule has 0 atom stereocenters. The van der Waals surface area contributed by atoms with Crippen LogP contribution in [0, 0.1) is 25.7 Å². The zero-order valence-electron chi connectivity index (χ0n) is 18.1. The highest BCUT2D eigenvalue weighted by Crippen LogP contribution is 2.33. The molecule has 10 heteroatoms. The van der Waals surface area contributed by atoms with Crippen LogP contribution in [0.25, 0.3) is 16.0 Å². The number of ether oxygens (including phenoxy) is 2. The summed E-state index contributed by atoms with van der Waals surface area (Å²) < 4.78 is 12.7. The largest absolute Gasteiger partial charge is 0.481 e. The normalized spacial score (nSPS) is 10.7. The average molecular weight is 483 g/mol. The standard InChI is InChI=1S/C23H19ClN4O4S/c1-13-8-15(12-29)14(2)28(13)22-16(9-19(24)33-22)23(30)32-7-5-4-6-20-26-17-10-21(31-3)25-11-18(17)27-20/h8-12H,6-7H2,1-3H3,(H,26,27). The SMILES string of the molecule is COc1cc2nc(CC#CCOC(=O)c3cc(Cl)sc3-n3c(C)cc(C=O)c3C)[nH]c2cn1. The van der Waals surface area contributed by atoms with Gasteiger partial charge >= 0.3 is 5.97 Å². The van der Waals surface area contributed by atoms with Crippen molar-refractivity contribution in [3.05, 3.63) is 57.1 Å². The van der Waals surface area contributed by atoms with E-state index in [1.54, 1.807) is 31.5 Å². The van der Waals surface area contributed by atoms with Gasteiger partial charge in [0.2, 0.25) is 5.88 Å². The molecular formula is C23H19ClN4O4S. The van der Waals surface area contributed by atoms with E-state index in [0.717, 1.165) is 28.7 Å². The topological polar surface area (TPSA) is 99.1 Å². The van der Waals surface area contributed by atoms with Gasteiger partial charge in [-0.25, -0.2) is 14.8 Å². The highest BCUT2D eigenvalue weighted by atomic mass is 35.5. The number of methoxy groups -OCH3 is 1. The van der Waals surface area contributed by atoms with E-state index in [9.17, 15) is 9.59 Å². The van der Waals surface area contributed by atoms with Crippen LogP contribution in [0.2, 0.25) is 4.34 Å². The number of carbonyl (C=O) groups excluding carboxylic acids is 2. The number of hydrogen-bond acceptors (Lipinski definition) is 7. The van der Waals surface area contributed by atoms with Crippen LogP contribution in [-0.4, -0.2) is 45.5 Å². The molecule has 0 bridgehead atoms. The molecule has 0 aliphatic carbocycles. The van der Waals surface area contributed by atoms with Crippen LogP contribution in [0.4, 0.5) is 0 Å². The summed E-state index contributed by atoms with van der Waals surface area (Å²) in [5.74, 6) is 6.39. The van der Waals surface area contributed by atoms with E-state index in [0.29, 0.717) is 38.6 Å². The maximum absolute atomic E-state index is 12.7. The second-order valence-electron chi connectivity index (χ2n) is 7.08. The predicted molar refractivity (Wildman–Crippen MR) is 126 cm³/mol. The summed E-state index contributed by atoms with van der Waals surface area (Å²) in [4.78, 5) is 35.7. The molecule has 0 saturated carbocycles. The summed E-state index contributed by atoms with van der Waals surface area (Å²) in [6, 6.07) is 5.06. The molecule has 4 aromatic heterocycles. The molecule has 4 rings (SSSR count). The summed E-state index contributed by atoms with van der Waals surface area (Å²) in [5, 5.41) is 0.604. The first kappa shape index (κ1) is 22.6. The summed E-state index contributed by atoms with van der Waals surface area (Å²) in [7, 11) is 1.55. The molecule has 0 radical (unpaired) electrons. The summed E-state index contributed by atoms with van der Waals surface area (Å²) >= 11 is 7.43. The molecule has 4 aromatic rings. The smallest absolute Gasteiger partial charge is 0.342 e. The molecule has 1 N–H and O–H groups in total. The van der Waals surface area contributed by atoms with Gasteiger partial charge in [0.1, 0.15) is 10.8 Å². The van der Waals surface area contributed by atoms with Crippen molar-refractivity contribution < 1.29 is 19.1 Å². The molecule has 0 aromatic carbocycles. The zero-order chi connectivity index (χ0) is 23.5. The fraction of sp³-hybridized carbons (Fsp3) is 0.217. The number of halogens is 1. The molecule has 0 aliphatic rings. The number of rotatable bonds is 6. The Kier molecular flexibility index (Phi) is 6.49. The van der Waals surface area contributed by atoms with Crippen LogP contribution >= 0.6 is 22.9 Å². The van der Waals surface area contributed by atoms with Crippen LogP contribution < -0.4 is 4.74 Å². The third-order valence-corrected chi connectivity index (χ3v) is 6.21. The minimum Gasteiger partial charge on any atom is -0.481 e. The number of carbonyl (C=O) groups is 2. The monoisotopic (exact) mass is 482 g/mol. The van der Waals surface area contributed by atoms with Crippen molar-refractivity contribution in [2.75, 3.05) is 13.7 Å². The third kappa shape index (κ3) is 4.62. The number of esters is 1. The van der Waals surface area contributed by atoms with Gasteiger partial charge in [-0.15, -0.1) is 11.3 Å². The van der Waals surface area contributed by atoms with Crippen molar-refractivity contribution in [2.45, 2.75) is 20.3 Å². The van der Waals surface area contributed by atoms with Crippen molar-refractivity contribution in [3.63, 3.8) is 0 Å². The summed E-state index contributed by atoms with van der Waals surface area (Å²) in [5.41, 5.74) is 3.95. The molecule has 0 fully saturated rings. The zero-order valence-corrected chi connectivity index (χ0v) is 19.6. The molecule has 4 heterocycles. The first-order valence-corrected chi connectivity index (χ1v) is 11.1. The van der Waals surface area contributed by atoms with E-state index in [1.165, 1.54) is 11.3 Å². The van der Waals surface area contributed by atoms with E-state index in [4.69, 9.17) is 21.1 Å². The number of aromatic amines is 1. The van der Waals surface area contributed by atoms with Gasteiger partial charge in [0.05, 0.1) is 40.7 Å². The second-order valence-corrected chi connectivity index (χ2v) is 8.74. The summed E-state index contributed by atoms with van der Waals surface area (Å²) in [6.45, 7) is 3.60. The van der Waals surface area contributed by atoms with Gasteiger partial charge in [-0.2, -0.15) is 0 Å². The number of fused-ring (bicyclic) bond motifs is 1. The number of pyridine rings is 1. The molecular weight excluding hydrogens is 464 g/mol. The predicted octanol–water partition coefficient (Wildman–Crippen LogP) is 4.30. The van der Waals surface area contributed by atoms with E-state index in [2.05, 4.69) is 26.8 Å². The van der Waals surface area contributed by atoms with Crippen molar-refractivity contribution in [3.8, 4) is 22.7 Å². The van der Waals surface area contributed by atoms with E-state index < -0.39 is 5.97 Å². The van der Waals surface area contributed by atoms with Gasteiger partial charge in [-0.05, 0) is 26.0 Å². The highest BCUT2D eigenvalue weighted by molar-refractivity contribution is 7.18. The Labute approximate surface area is 198 Å². The van der Waals surface area contributed by atoms with Gasteiger partial charge in [0.15, 0.2) is 12.9 Å². The molecule has 0 saturated heterocycles. The quantitative estimate of drug-likeness (QED) is 0.250. The first-order chi connectivity index (χ1) is 15.9. The van der Waals surface area contributed by atoms with E-state index in [1.807, 2.05) is 18.4 Å². The molecule has 168 valence electrons. The van der Waals surface area contributed by atoms with Crippen LogP contribution in [0.1, 0.15) is 37.9 Å². The Bertz CT molecular complexity index is 1420. The number of thiophene rings is 1. The van der Waals surface area contributed by atoms with E-state index >= 15 is 0 Å². The van der Waals surface area contributed by atoms with Crippen molar-refractivity contribution >= 4 is 46.2 Å². The Morgan fingerprint density at radius 1 is 1.30 bits per heavy atom. The minimum atomic E-state index is -0.537. The van der Waals surface area contributed by atoms with Gasteiger partial charge < -0.3 is 19.0 Å². The Morgan fingerprint density at radius 3 is 2.85 bits per heavy atom. The summed E-state index contributed by atoms with van der Waals surface area (Å²) in [6.07, 6.45) is 2.80. The molecule has 8 nitrogen and oxygen atoms in total. The fourth-order valence-corrected chi connectivity index (χ4v) is 4.71. The van der Waals surface area contributed by atoms with Crippen molar-refractivity contribution in [1.29, 1.82) is 0 Å². The molecule has 0 amide bonds. The first-order valence-electron chi connectivity index (χ1n) is 9.86. The van der Waals surface area contributed by atoms with Gasteiger partial charge in [0, 0.05) is 23.0 Å². The maximum Gasteiger partial charge on any atom is 0.342 e. The Balaban J connectivity index is 1.43. The number of aryl methyl sites for hydroxylation is 1. The van der Waals surface area contributed by atoms with Crippen molar-refractivity contribution in [1.82, 2.24) is 19.5 Å². The van der Waals surface area contributed by atoms with E-state index in [-0.39, 0.29) is 6.61 Å². The lowest BCUT2D eigenvalue weighted by molar-refractivity contribution is 0.0557. The molecule has 0 unspecified atom stereocenters. The Morgan fingerprint density at radius 2 is 2.12 bits per heavy atom. The highest BCUT2D eigenvalue weighted by Gasteiger charge is 2.21. The van der Waals surface area contributed by atoms with Crippen LogP contribution in [0.15, 0.2) is 24.4 Å². The fourth-order valence-electron chi connectivity index (χ4n) is 3.40. The number of aldehydes is 1. The number of nitrogens with zero attached hydrogens (tertiary/aromatic N) is 3. The van der Waals surface area contributed by atoms with Gasteiger partial charge in [-0.1, -0.05) is 23.4 Å². The van der Waals surface area contributed by atoms with Crippen LogP contribution in [0.5, 0.6) is 5.88 Å². The molecule has 0 spiro atoms. The van der Waals surface area contributed by atoms with Crippen molar-refractivity contribution in [2.24, 2.45) is 0 Å². The molecule has 0 aliphatic heterocycles. The number of aromatic nitrogens is 4. The van der Waals surface area contributed by atoms with Crippen LogP contribution in [0.3, 0.4) is 0 Å². The molecule has 33 heavy (non-hydrogen) atoms. The third-order valence-electron chi connectivity index (χ3n) is 4.96. The number of hydrogen-bond donors (Lipinski definition) is 1. The van der Waals surface area contributed by atoms with Crippen LogP contribution in [-0.2, 0) is 11.2 Å². The minimum absolute atomic E-state index is 0.0788. The van der Waals surface area contributed by atoms with Gasteiger partial charge in [0.25, 0.3) is 0 Å². The van der Waals surface area contributed by atoms with Gasteiger partial charge in [-0.3, -0.25) is 4.79 Å². The number of nitrogens with one attached hydrogen (secondary N) is 1.